The number of ether oxygens (including phenoxy) is 1. The highest BCUT2D eigenvalue weighted by Crippen LogP contribution is 2.38. The van der Waals surface area contributed by atoms with Gasteiger partial charge in [-0.05, 0) is 37.1 Å². The van der Waals surface area contributed by atoms with Crippen molar-refractivity contribution in [1.29, 1.82) is 0 Å². The van der Waals surface area contributed by atoms with Crippen LogP contribution in [0.25, 0.3) is 0 Å². The molecule has 2 aromatic rings. The molecule has 1 aromatic carbocycles. The minimum atomic E-state index is 0.394. The molecule has 1 aliphatic heterocycles. The summed E-state index contributed by atoms with van der Waals surface area (Å²) in [5.41, 5.74) is 2.40. The monoisotopic (exact) mass is 302 g/mol. The maximum Gasteiger partial charge on any atom is 0.123 e. The van der Waals surface area contributed by atoms with Crippen molar-refractivity contribution in [1.82, 2.24) is 9.88 Å². The molecule has 21 heavy (non-hydrogen) atoms. The molecule has 2 heterocycles. The summed E-state index contributed by atoms with van der Waals surface area (Å²) in [6.45, 7) is 1.94. The lowest BCUT2D eigenvalue weighted by Gasteiger charge is -2.26. The molecule has 0 unspecified atom stereocenters. The van der Waals surface area contributed by atoms with Crippen molar-refractivity contribution in [3.05, 3.63) is 58.9 Å². The van der Waals surface area contributed by atoms with Crippen LogP contribution in [0.2, 0.25) is 5.02 Å². The lowest BCUT2D eigenvalue weighted by Crippen LogP contribution is -2.23. The van der Waals surface area contributed by atoms with Gasteiger partial charge in [0.1, 0.15) is 5.75 Å². The summed E-state index contributed by atoms with van der Waals surface area (Å²) in [5, 5.41) is 0.739. The van der Waals surface area contributed by atoms with Crippen LogP contribution >= 0.6 is 11.6 Å². The van der Waals surface area contributed by atoms with Crippen molar-refractivity contribution in [3.63, 3.8) is 0 Å². The van der Waals surface area contributed by atoms with E-state index < -0.39 is 0 Å². The average molecular weight is 303 g/mol. The van der Waals surface area contributed by atoms with Gasteiger partial charge in [0.2, 0.25) is 0 Å². The molecule has 0 N–H and O–H groups in total. The summed E-state index contributed by atoms with van der Waals surface area (Å²) in [4.78, 5) is 6.52. The van der Waals surface area contributed by atoms with Crippen LogP contribution in [-0.4, -0.2) is 23.5 Å². The van der Waals surface area contributed by atoms with E-state index in [9.17, 15) is 0 Å². The van der Waals surface area contributed by atoms with Crippen molar-refractivity contribution in [2.75, 3.05) is 13.7 Å². The Labute approximate surface area is 130 Å². The molecule has 0 amide bonds. The number of methoxy groups -OCH3 is 1. The van der Waals surface area contributed by atoms with E-state index in [0.29, 0.717) is 6.04 Å². The van der Waals surface area contributed by atoms with Gasteiger partial charge >= 0.3 is 0 Å². The number of halogens is 1. The van der Waals surface area contributed by atoms with Crippen molar-refractivity contribution >= 4 is 11.6 Å². The first kappa shape index (κ1) is 14.4. The van der Waals surface area contributed by atoms with Crippen LogP contribution in [0.1, 0.15) is 30.0 Å². The first-order valence-electron chi connectivity index (χ1n) is 7.25. The number of pyridine rings is 1. The molecule has 1 atom stereocenters. The fraction of sp³-hybridized carbons (Fsp3) is 0.353. The van der Waals surface area contributed by atoms with E-state index >= 15 is 0 Å². The summed E-state index contributed by atoms with van der Waals surface area (Å²) in [6, 6.07) is 10.7. The van der Waals surface area contributed by atoms with Crippen LogP contribution in [0.15, 0.2) is 42.7 Å². The molecule has 1 saturated heterocycles. The third-order valence-electron chi connectivity index (χ3n) is 4.09. The lowest BCUT2D eigenvalue weighted by atomic mass is 10.0. The second-order valence-corrected chi connectivity index (χ2v) is 5.74. The molecule has 0 bridgehead atoms. The Morgan fingerprint density at radius 2 is 2.19 bits per heavy atom. The molecule has 0 saturated carbocycles. The summed E-state index contributed by atoms with van der Waals surface area (Å²) in [7, 11) is 1.73. The van der Waals surface area contributed by atoms with Crippen molar-refractivity contribution in [3.8, 4) is 5.75 Å². The van der Waals surface area contributed by atoms with Gasteiger partial charge in [0.05, 0.1) is 12.1 Å². The van der Waals surface area contributed by atoms with Crippen LogP contribution in [0.4, 0.5) is 0 Å². The van der Waals surface area contributed by atoms with Gasteiger partial charge in [-0.15, -0.1) is 0 Å². The predicted molar refractivity (Wildman–Crippen MR) is 84.6 cm³/mol. The lowest BCUT2D eigenvalue weighted by molar-refractivity contribution is 0.243. The molecular formula is C17H19ClN2O. The van der Waals surface area contributed by atoms with E-state index in [1.807, 2.05) is 18.2 Å². The Morgan fingerprint density at radius 3 is 3.00 bits per heavy atom. The SMILES string of the molecule is COc1ccccc1[C@@H]1CCCN1Cc1ccncc1Cl. The molecule has 1 fully saturated rings. The van der Waals surface area contributed by atoms with Crippen molar-refractivity contribution < 1.29 is 4.74 Å². The molecule has 0 spiro atoms. The highest BCUT2D eigenvalue weighted by atomic mass is 35.5. The number of likely N-dealkylation sites (tertiary alicyclic amines) is 1. The van der Waals surface area contributed by atoms with E-state index in [0.717, 1.165) is 35.8 Å². The highest BCUT2D eigenvalue weighted by Gasteiger charge is 2.28. The van der Waals surface area contributed by atoms with Gasteiger partial charge in [-0.1, -0.05) is 29.8 Å². The topological polar surface area (TPSA) is 25.4 Å². The fourth-order valence-electron chi connectivity index (χ4n) is 3.06. The van der Waals surface area contributed by atoms with Gasteiger partial charge in [-0.2, -0.15) is 0 Å². The van der Waals surface area contributed by atoms with Crippen molar-refractivity contribution in [2.24, 2.45) is 0 Å². The Morgan fingerprint density at radius 1 is 1.33 bits per heavy atom. The maximum atomic E-state index is 6.24. The second-order valence-electron chi connectivity index (χ2n) is 5.34. The van der Waals surface area contributed by atoms with Crippen molar-refractivity contribution in [2.45, 2.75) is 25.4 Å². The van der Waals surface area contributed by atoms with Gasteiger partial charge in [0.25, 0.3) is 0 Å². The fourth-order valence-corrected chi connectivity index (χ4v) is 3.24. The molecule has 0 aliphatic carbocycles. The third-order valence-corrected chi connectivity index (χ3v) is 4.43. The Kier molecular flexibility index (Phi) is 4.42. The summed E-state index contributed by atoms with van der Waals surface area (Å²) < 4.78 is 5.52. The Hall–Kier alpha value is -1.58. The van der Waals surface area contributed by atoms with Crippen LogP contribution in [0.5, 0.6) is 5.75 Å². The number of benzene rings is 1. The zero-order chi connectivity index (χ0) is 14.7. The normalized spacial score (nSPS) is 18.9. The molecule has 4 heteroatoms. The standard InChI is InChI=1S/C17H19ClN2O/c1-21-17-7-3-2-5-14(17)16-6-4-10-20(16)12-13-8-9-19-11-15(13)18/h2-3,5,7-9,11,16H,4,6,10,12H2,1H3/t16-/m0/s1. The number of rotatable bonds is 4. The zero-order valence-electron chi connectivity index (χ0n) is 12.1. The van der Waals surface area contributed by atoms with Gasteiger partial charge in [-0.25, -0.2) is 0 Å². The van der Waals surface area contributed by atoms with E-state index in [1.54, 1.807) is 19.5 Å². The molecule has 0 radical (unpaired) electrons. The second kappa shape index (κ2) is 6.46. The van der Waals surface area contributed by atoms with Gasteiger partial charge < -0.3 is 4.74 Å². The van der Waals surface area contributed by atoms with E-state index in [1.165, 1.54) is 12.0 Å². The van der Waals surface area contributed by atoms with E-state index in [-0.39, 0.29) is 0 Å². The molecular weight excluding hydrogens is 284 g/mol. The quantitative estimate of drug-likeness (QED) is 0.851. The average Bonchev–Trinajstić information content (AvgIpc) is 2.97. The largest absolute Gasteiger partial charge is 0.496 e. The maximum absolute atomic E-state index is 6.24. The van der Waals surface area contributed by atoms with Crippen LogP contribution < -0.4 is 4.74 Å². The van der Waals surface area contributed by atoms with Gasteiger partial charge in [-0.3, -0.25) is 9.88 Å². The van der Waals surface area contributed by atoms with Crippen LogP contribution in [-0.2, 0) is 6.54 Å². The van der Waals surface area contributed by atoms with Gasteiger partial charge in [0, 0.05) is 30.5 Å². The minimum Gasteiger partial charge on any atom is -0.496 e. The van der Waals surface area contributed by atoms with Crippen LogP contribution in [0.3, 0.4) is 0 Å². The molecule has 1 aliphatic rings. The Bertz CT molecular complexity index is 617. The van der Waals surface area contributed by atoms with Gasteiger partial charge in [0.15, 0.2) is 0 Å². The summed E-state index contributed by atoms with van der Waals surface area (Å²) >= 11 is 6.24. The predicted octanol–water partition coefficient (Wildman–Crippen LogP) is 4.08. The molecule has 110 valence electrons. The van der Waals surface area contributed by atoms with E-state index in [4.69, 9.17) is 16.3 Å². The van der Waals surface area contributed by atoms with Crippen LogP contribution in [0, 0.1) is 0 Å². The summed E-state index contributed by atoms with van der Waals surface area (Å²) in [6.07, 6.45) is 5.87. The number of nitrogens with zero attached hydrogens (tertiary/aromatic N) is 2. The first-order chi connectivity index (χ1) is 10.3. The first-order valence-corrected chi connectivity index (χ1v) is 7.62. The minimum absolute atomic E-state index is 0.394. The third kappa shape index (κ3) is 3.04. The number of hydrogen-bond donors (Lipinski definition) is 0. The Balaban J connectivity index is 1.84. The number of aromatic nitrogens is 1. The molecule has 3 nitrogen and oxygen atoms in total. The zero-order valence-corrected chi connectivity index (χ0v) is 12.9. The molecule has 3 rings (SSSR count). The van der Waals surface area contributed by atoms with E-state index in [2.05, 4.69) is 22.0 Å². The highest BCUT2D eigenvalue weighted by molar-refractivity contribution is 6.31. The number of hydrogen-bond acceptors (Lipinski definition) is 3. The molecule has 1 aromatic heterocycles. The smallest absolute Gasteiger partial charge is 0.123 e. The summed E-state index contributed by atoms with van der Waals surface area (Å²) in [5.74, 6) is 0.968. The number of para-hydroxylation sites is 1.